The quantitative estimate of drug-likeness (QED) is 0.0151. The van der Waals surface area contributed by atoms with Gasteiger partial charge in [-0.1, -0.05) is 138 Å². The molecule has 13 nitrogen and oxygen atoms in total. The van der Waals surface area contributed by atoms with Crippen LogP contribution in [0.3, 0.4) is 0 Å². The van der Waals surface area contributed by atoms with Gasteiger partial charge in [0, 0.05) is 12.8 Å². The maximum Gasteiger partial charge on any atom is 0.472 e. The Labute approximate surface area is 365 Å². The molecule has 0 aliphatic heterocycles. The van der Waals surface area contributed by atoms with Crippen molar-refractivity contribution in [2.45, 2.75) is 198 Å². The van der Waals surface area contributed by atoms with Crippen LogP contribution in [0.15, 0.2) is 72.9 Å². The Hall–Kier alpha value is -2.71. The molecule has 6 unspecified atom stereocenters. The number of allylic oxidation sites excluding steroid dienone is 12. The summed E-state index contributed by atoms with van der Waals surface area (Å²) in [7, 11) is -5.14. The molecule has 0 aromatic rings. The molecule has 0 bridgehead atoms. The third-order valence-electron chi connectivity index (χ3n) is 10.0. The first-order chi connectivity index (χ1) is 29.4. The molecule has 0 heterocycles. The van der Waals surface area contributed by atoms with Crippen LogP contribution in [0.2, 0.25) is 0 Å². The molecule has 1 aliphatic carbocycles. The van der Waals surface area contributed by atoms with E-state index in [9.17, 15) is 44.6 Å². The average Bonchev–Trinajstić information content (AvgIpc) is 3.24. The molecular weight excluding hydrogens is 803 g/mol. The van der Waals surface area contributed by atoms with Crippen molar-refractivity contribution in [2.75, 3.05) is 13.2 Å². The van der Waals surface area contributed by atoms with Crippen LogP contribution in [-0.4, -0.2) is 98.3 Å². The van der Waals surface area contributed by atoms with E-state index in [-0.39, 0.29) is 12.8 Å². The third-order valence-corrected chi connectivity index (χ3v) is 11.0. The standard InChI is InChI=1S/C47H79O13P/c1-3-5-7-9-11-13-15-17-19-20-22-24-26-28-30-32-34-36-41(49)59-39(38-58-61(55,56)60-47-45(53)43(51)42(50)44(52)46(47)54)37-57-40(48)35-33-31-29-27-25-23-21-18-16-14-12-10-8-6-4-2/h5,7,11,13,17-19,21-22,24,28,30,39,42-47,50-54H,3-4,6,8-10,12,14-16,20,23,25-27,29,31-38H2,1-2H3,(H,55,56)/b7-5-,13-11-,19-17-,21-18-,24-22-,30-28-/t39-,42?,43-,44?,45?,46?,47?/m1/s1. The van der Waals surface area contributed by atoms with Gasteiger partial charge in [0.25, 0.3) is 0 Å². The van der Waals surface area contributed by atoms with Crippen molar-refractivity contribution >= 4 is 19.8 Å². The van der Waals surface area contributed by atoms with E-state index in [4.69, 9.17) is 18.5 Å². The summed E-state index contributed by atoms with van der Waals surface area (Å²) in [4.78, 5) is 35.7. The highest BCUT2D eigenvalue weighted by Gasteiger charge is 2.51. The molecule has 0 aromatic heterocycles. The zero-order valence-electron chi connectivity index (χ0n) is 36.9. The van der Waals surface area contributed by atoms with Crippen molar-refractivity contribution < 1.29 is 63.1 Å². The van der Waals surface area contributed by atoms with Gasteiger partial charge in [0.1, 0.15) is 43.2 Å². The number of carbonyl (C=O) groups is 2. The fraction of sp³-hybridized carbons (Fsp3) is 0.702. The van der Waals surface area contributed by atoms with Gasteiger partial charge in [-0.2, -0.15) is 0 Å². The Kier molecular flexibility index (Phi) is 33.9. The minimum Gasteiger partial charge on any atom is -0.462 e. The number of phosphoric acid groups is 1. The lowest BCUT2D eigenvalue weighted by atomic mass is 9.85. The zero-order valence-corrected chi connectivity index (χ0v) is 37.8. The summed E-state index contributed by atoms with van der Waals surface area (Å²) in [6.07, 6.45) is 32.5. The van der Waals surface area contributed by atoms with E-state index in [1.807, 2.05) is 12.2 Å². The molecule has 1 aliphatic rings. The average molecular weight is 883 g/mol. The normalized spacial score (nSPS) is 22.7. The fourth-order valence-corrected chi connectivity index (χ4v) is 7.35. The Morgan fingerprint density at radius 3 is 1.49 bits per heavy atom. The second kappa shape index (κ2) is 36.7. The first-order valence-electron chi connectivity index (χ1n) is 22.7. The molecule has 61 heavy (non-hydrogen) atoms. The third kappa shape index (κ3) is 29.3. The summed E-state index contributed by atoms with van der Waals surface area (Å²) in [5.74, 6) is -1.18. The van der Waals surface area contributed by atoms with Crippen molar-refractivity contribution in [3.05, 3.63) is 72.9 Å². The largest absolute Gasteiger partial charge is 0.472 e. The Balaban J connectivity index is 2.53. The first kappa shape index (κ1) is 56.3. The summed E-state index contributed by atoms with van der Waals surface area (Å²) >= 11 is 0. The number of rotatable bonds is 36. The van der Waals surface area contributed by atoms with Gasteiger partial charge >= 0.3 is 19.8 Å². The van der Waals surface area contributed by atoms with Crippen LogP contribution in [0.1, 0.15) is 155 Å². The zero-order chi connectivity index (χ0) is 45.0. The summed E-state index contributed by atoms with van der Waals surface area (Å²) in [6.45, 7) is 3.11. The SMILES string of the molecule is CC/C=C\C/C=C\C/C=C\C/C=C\C/C=C\CCCC(=O)O[C@H](COC(=O)CCCCCCC/C=C\CCCCCCCC)COP(=O)(O)OC1C(O)C(O)C(O)[C@@H](O)C1O. The molecular formula is C47H79O13P. The molecule has 14 heteroatoms. The van der Waals surface area contributed by atoms with Gasteiger partial charge < -0.3 is 39.9 Å². The number of hydrogen-bond acceptors (Lipinski definition) is 12. The van der Waals surface area contributed by atoms with Crippen LogP contribution in [0.25, 0.3) is 0 Å². The number of carbonyl (C=O) groups excluding carboxylic acids is 2. The summed E-state index contributed by atoms with van der Waals surface area (Å²) in [5.41, 5.74) is 0. The van der Waals surface area contributed by atoms with Crippen LogP contribution in [0.5, 0.6) is 0 Å². The van der Waals surface area contributed by atoms with Gasteiger partial charge in [-0.3, -0.25) is 18.6 Å². The van der Waals surface area contributed by atoms with Crippen LogP contribution < -0.4 is 0 Å². The predicted molar refractivity (Wildman–Crippen MR) is 239 cm³/mol. The van der Waals surface area contributed by atoms with Crippen molar-refractivity contribution in [3.8, 4) is 0 Å². The van der Waals surface area contributed by atoms with Crippen LogP contribution in [0.4, 0.5) is 0 Å². The number of aliphatic hydroxyl groups is 5. The summed E-state index contributed by atoms with van der Waals surface area (Å²) in [6, 6.07) is 0. The van der Waals surface area contributed by atoms with Crippen molar-refractivity contribution in [3.63, 3.8) is 0 Å². The first-order valence-corrected chi connectivity index (χ1v) is 24.2. The highest BCUT2D eigenvalue weighted by Crippen LogP contribution is 2.47. The molecule has 0 saturated heterocycles. The Morgan fingerprint density at radius 1 is 0.525 bits per heavy atom. The number of hydrogen-bond donors (Lipinski definition) is 6. The van der Waals surface area contributed by atoms with Gasteiger partial charge in [0.15, 0.2) is 6.10 Å². The second-order valence-corrected chi connectivity index (χ2v) is 16.9. The van der Waals surface area contributed by atoms with Crippen molar-refractivity contribution in [1.82, 2.24) is 0 Å². The van der Waals surface area contributed by atoms with E-state index < -0.39 is 75.7 Å². The number of unbranched alkanes of at least 4 members (excludes halogenated alkanes) is 12. The topological polar surface area (TPSA) is 210 Å². The molecule has 350 valence electrons. The van der Waals surface area contributed by atoms with Gasteiger partial charge in [-0.15, -0.1) is 0 Å². The Bertz CT molecular complexity index is 1340. The number of ether oxygens (including phenoxy) is 2. The van der Waals surface area contributed by atoms with E-state index in [0.29, 0.717) is 19.3 Å². The van der Waals surface area contributed by atoms with Gasteiger partial charge in [-0.25, -0.2) is 4.57 Å². The van der Waals surface area contributed by atoms with Crippen LogP contribution >= 0.6 is 7.82 Å². The molecule has 1 rings (SSSR count). The van der Waals surface area contributed by atoms with E-state index in [1.165, 1.54) is 38.5 Å². The van der Waals surface area contributed by atoms with Gasteiger partial charge in [0.2, 0.25) is 0 Å². The molecule has 6 N–H and O–H groups in total. The monoisotopic (exact) mass is 883 g/mol. The Morgan fingerprint density at radius 2 is 0.951 bits per heavy atom. The highest BCUT2D eigenvalue weighted by molar-refractivity contribution is 7.47. The lowest BCUT2D eigenvalue weighted by Crippen LogP contribution is -2.64. The summed E-state index contributed by atoms with van der Waals surface area (Å²) < 4.78 is 33.4. The predicted octanol–water partition coefficient (Wildman–Crippen LogP) is 8.72. The van der Waals surface area contributed by atoms with E-state index in [0.717, 1.165) is 70.6 Å². The maximum absolute atomic E-state index is 12.8. The lowest BCUT2D eigenvalue weighted by Gasteiger charge is -2.41. The van der Waals surface area contributed by atoms with Crippen molar-refractivity contribution in [1.29, 1.82) is 0 Å². The molecule has 0 amide bonds. The number of esters is 2. The number of phosphoric ester groups is 1. The van der Waals surface area contributed by atoms with Crippen LogP contribution in [-0.2, 0) is 32.7 Å². The second-order valence-electron chi connectivity index (χ2n) is 15.5. The molecule has 0 aromatic carbocycles. The van der Waals surface area contributed by atoms with E-state index in [1.54, 1.807) is 0 Å². The van der Waals surface area contributed by atoms with E-state index in [2.05, 4.69) is 74.6 Å². The smallest absolute Gasteiger partial charge is 0.462 e. The molecule has 1 fully saturated rings. The minimum atomic E-state index is -5.14. The fourth-order valence-electron chi connectivity index (χ4n) is 6.37. The molecule has 8 atom stereocenters. The summed E-state index contributed by atoms with van der Waals surface area (Å²) in [5, 5.41) is 50.1. The van der Waals surface area contributed by atoms with Crippen LogP contribution in [0, 0.1) is 0 Å². The number of aliphatic hydroxyl groups excluding tert-OH is 5. The molecule has 1 saturated carbocycles. The minimum absolute atomic E-state index is 0.0134. The molecule has 0 spiro atoms. The lowest BCUT2D eigenvalue weighted by molar-refractivity contribution is -0.220. The van der Waals surface area contributed by atoms with Gasteiger partial charge in [0.05, 0.1) is 6.61 Å². The molecule has 0 radical (unpaired) electrons. The van der Waals surface area contributed by atoms with E-state index >= 15 is 0 Å². The maximum atomic E-state index is 12.8. The van der Waals surface area contributed by atoms with Crippen molar-refractivity contribution in [2.24, 2.45) is 0 Å². The highest BCUT2D eigenvalue weighted by atomic mass is 31.2. The van der Waals surface area contributed by atoms with Gasteiger partial charge in [-0.05, 0) is 77.0 Å².